The number of nitrogens with zero attached hydrogens (tertiary/aromatic N) is 1. The third-order valence-electron chi connectivity index (χ3n) is 2.63. The molecule has 0 aliphatic heterocycles. The predicted molar refractivity (Wildman–Crippen MR) is 89.2 cm³/mol. The van der Waals surface area contributed by atoms with E-state index in [2.05, 4.69) is 10.5 Å². The van der Waals surface area contributed by atoms with Crippen LogP contribution in [-0.2, 0) is 4.79 Å². The summed E-state index contributed by atoms with van der Waals surface area (Å²) in [6, 6.07) is 16.1. The van der Waals surface area contributed by atoms with Gasteiger partial charge in [0.25, 0.3) is 0 Å². The highest BCUT2D eigenvalue weighted by molar-refractivity contribution is 8.00. The van der Waals surface area contributed by atoms with Crippen molar-refractivity contribution in [2.24, 2.45) is 5.10 Å². The summed E-state index contributed by atoms with van der Waals surface area (Å²) in [6.07, 6.45) is 5.11. The Morgan fingerprint density at radius 1 is 1.14 bits per heavy atom. The summed E-state index contributed by atoms with van der Waals surface area (Å²) in [6.45, 7) is 0. The molecule has 0 aromatic heterocycles. The first kappa shape index (κ1) is 16.0. The molecule has 2 rings (SSSR count). The molecule has 0 heterocycles. The maximum absolute atomic E-state index is 13.4. The molecule has 0 saturated heterocycles. The lowest BCUT2D eigenvalue weighted by Crippen LogP contribution is -2.19. The molecule has 0 unspecified atom stereocenters. The van der Waals surface area contributed by atoms with Crippen LogP contribution in [0.5, 0.6) is 0 Å². The Bertz CT molecular complexity index is 671. The van der Waals surface area contributed by atoms with E-state index in [1.165, 1.54) is 12.3 Å². The van der Waals surface area contributed by atoms with Crippen molar-refractivity contribution in [3.05, 3.63) is 72.1 Å². The van der Waals surface area contributed by atoms with Crippen LogP contribution in [0.2, 0.25) is 0 Å². The molecule has 22 heavy (non-hydrogen) atoms. The van der Waals surface area contributed by atoms with Crippen LogP contribution >= 0.6 is 11.8 Å². The van der Waals surface area contributed by atoms with E-state index in [9.17, 15) is 9.18 Å². The van der Waals surface area contributed by atoms with Crippen LogP contribution in [0, 0.1) is 5.82 Å². The molecule has 1 N–H and O–H groups in total. The maximum atomic E-state index is 13.4. The molecule has 0 atom stereocenters. The van der Waals surface area contributed by atoms with Gasteiger partial charge in [-0.25, -0.2) is 9.82 Å². The van der Waals surface area contributed by atoms with Gasteiger partial charge in [-0.15, -0.1) is 11.8 Å². The lowest BCUT2D eigenvalue weighted by Gasteiger charge is -2.01. The molecular formula is C17H15FN2OS. The highest BCUT2D eigenvalue weighted by Gasteiger charge is 2.04. The van der Waals surface area contributed by atoms with Crippen molar-refractivity contribution in [2.75, 3.05) is 5.75 Å². The first-order chi connectivity index (χ1) is 10.8. The maximum Gasteiger partial charge on any atom is 0.250 e. The number of thioether (sulfide) groups is 1. The zero-order valence-electron chi connectivity index (χ0n) is 11.8. The summed E-state index contributed by atoms with van der Waals surface area (Å²) in [7, 11) is 0. The van der Waals surface area contributed by atoms with Gasteiger partial charge in [-0.2, -0.15) is 5.10 Å². The third-order valence-corrected chi connectivity index (χ3v) is 3.68. The van der Waals surface area contributed by atoms with E-state index in [-0.39, 0.29) is 17.5 Å². The van der Waals surface area contributed by atoms with E-state index in [1.54, 1.807) is 24.3 Å². The standard InChI is InChI=1S/C17H15FN2OS/c18-15-10-4-5-11-16(15)22-13-17(21)20-19-12-6-9-14-7-2-1-3-8-14/h1-12H,13H2,(H,20,21)/b9-6+,19-12-. The molecule has 0 radical (unpaired) electrons. The highest BCUT2D eigenvalue weighted by Crippen LogP contribution is 2.20. The number of rotatable bonds is 6. The molecule has 5 heteroatoms. The second-order valence-electron chi connectivity index (χ2n) is 4.30. The van der Waals surface area contributed by atoms with Crippen LogP contribution in [0.1, 0.15) is 5.56 Å². The van der Waals surface area contributed by atoms with Crippen molar-refractivity contribution in [1.29, 1.82) is 0 Å². The Balaban J connectivity index is 1.73. The van der Waals surface area contributed by atoms with Crippen molar-refractivity contribution < 1.29 is 9.18 Å². The number of allylic oxidation sites excluding steroid dienone is 1. The zero-order chi connectivity index (χ0) is 15.6. The lowest BCUT2D eigenvalue weighted by molar-refractivity contribution is -0.118. The van der Waals surface area contributed by atoms with Crippen molar-refractivity contribution in [2.45, 2.75) is 4.90 Å². The van der Waals surface area contributed by atoms with Crippen LogP contribution in [0.4, 0.5) is 4.39 Å². The summed E-state index contributed by atoms with van der Waals surface area (Å²) in [5.41, 5.74) is 3.45. The first-order valence-corrected chi connectivity index (χ1v) is 7.65. The largest absolute Gasteiger partial charge is 0.272 e. The minimum absolute atomic E-state index is 0.112. The van der Waals surface area contributed by atoms with Gasteiger partial charge in [-0.3, -0.25) is 4.79 Å². The van der Waals surface area contributed by atoms with Crippen LogP contribution in [0.3, 0.4) is 0 Å². The molecule has 0 spiro atoms. The molecule has 2 aromatic rings. The second kappa shape index (κ2) is 8.79. The Morgan fingerprint density at radius 2 is 1.86 bits per heavy atom. The normalized spacial score (nSPS) is 11.1. The van der Waals surface area contributed by atoms with Crippen molar-refractivity contribution >= 4 is 30.0 Å². The smallest absolute Gasteiger partial charge is 0.250 e. The number of halogens is 1. The lowest BCUT2D eigenvalue weighted by atomic mass is 10.2. The van der Waals surface area contributed by atoms with Gasteiger partial charge >= 0.3 is 0 Å². The molecule has 112 valence electrons. The summed E-state index contributed by atoms with van der Waals surface area (Å²) in [5, 5.41) is 3.80. The number of carbonyl (C=O) groups is 1. The number of carbonyl (C=O) groups excluding carboxylic acids is 1. The molecule has 2 aromatic carbocycles. The van der Waals surface area contributed by atoms with Gasteiger partial charge in [0.2, 0.25) is 5.91 Å². The van der Waals surface area contributed by atoms with Crippen LogP contribution in [0.25, 0.3) is 6.08 Å². The van der Waals surface area contributed by atoms with E-state index in [1.807, 2.05) is 36.4 Å². The topological polar surface area (TPSA) is 41.5 Å². The summed E-state index contributed by atoms with van der Waals surface area (Å²) >= 11 is 1.14. The minimum Gasteiger partial charge on any atom is -0.272 e. The second-order valence-corrected chi connectivity index (χ2v) is 5.32. The first-order valence-electron chi connectivity index (χ1n) is 6.66. The molecule has 0 bridgehead atoms. The average molecular weight is 314 g/mol. The van der Waals surface area contributed by atoms with Gasteiger partial charge in [0, 0.05) is 11.1 Å². The zero-order valence-corrected chi connectivity index (χ0v) is 12.6. The fraction of sp³-hybridized carbons (Fsp3) is 0.0588. The summed E-state index contributed by atoms with van der Waals surface area (Å²) < 4.78 is 13.4. The molecular weight excluding hydrogens is 299 g/mol. The van der Waals surface area contributed by atoms with Crippen molar-refractivity contribution in [1.82, 2.24) is 5.43 Å². The SMILES string of the molecule is O=C(CSc1ccccc1F)N/N=C\C=C\c1ccccc1. The number of nitrogens with one attached hydrogen (secondary N) is 1. The molecule has 0 aliphatic rings. The number of benzene rings is 2. The van der Waals surface area contributed by atoms with Gasteiger partial charge in [0.05, 0.1) is 5.75 Å². The Kier molecular flexibility index (Phi) is 6.39. The number of amides is 1. The average Bonchev–Trinajstić information content (AvgIpc) is 2.55. The van der Waals surface area contributed by atoms with E-state index < -0.39 is 0 Å². The van der Waals surface area contributed by atoms with Gasteiger partial charge in [0.1, 0.15) is 5.82 Å². The number of hydrazone groups is 1. The minimum atomic E-state index is -0.324. The van der Waals surface area contributed by atoms with Crippen molar-refractivity contribution in [3.63, 3.8) is 0 Å². The van der Waals surface area contributed by atoms with E-state index >= 15 is 0 Å². The highest BCUT2D eigenvalue weighted by atomic mass is 32.2. The number of hydrogen-bond acceptors (Lipinski definition) is 3. The fourth-order valence-corrected chi connectivity index (χ4v) is 2.34. The van der Waals surface area contributed by atoms with E-state index in [4.69, 9.17) is 0 Å². The Morgan fingerprint density at radius 3 is 2.64 bits per heavy atom. The third kappa shape index (κ3) is 5.54. The molecule has 1 amide bonds. The van der Waals surface area contributed by atoms with Gasteiger partial charge < -0.3 is 0 Å². The van der Waals surface area contributed by atoms with Gasteiger partial charge in [-0.05, 0) is 23.8 Å². The fourth-order valence-electron chi connectivity index (χ4n) is 1.61. The predicted octanol–water partition coefficient (Wildman–Crippen LogP) is 3.73. The van der Waals surface area contributed by atoms with Gasteiger partial charge in [-0.1, -0.05) is 48.5 Å². The Labute approximate surface area is 132 Å². The quantitative estimate of drug-likeness (QED) is 0.501. The summed E-state index contributed by atoms with van der Waals surface area (Å²) in [4.78, 5) is 12.0. The van der Waals surface area contributed by atoms with Crippen LogP contribution < -0.4 is 5.43 Å². The molecule has 0 fully saturated rings. The van der Waals surface area contributed by atoms with E-state index in [0.29, 0.717) is 4.90 Å². The Hall–Kier alpha value is -2.40. The number of hydrogen-bond donors (Lipinski definition) is 1. The van der Waals surface area contributed by atoms with Crippen LogP contribution in [0.15, 0.2) is 70.7 Å². The molecule has 3 nitrogen and oxygen atoms in total. The van der Waals surface area contributed by atoms with Gasteiger partial charge in [0.15, 0.2) is 0 Å². The molecule has 0 aliphatic carbocycles. The summed E-state index contributed by atoms with van der Waals surface area (Å²) in [5.74, 6) is -0.493. The molecule has 0 saturated carbocycles. The van der Waals surface area contributed by atoms with Crippen molar-refractivity contribution in [3.8, 4) is 0 Å². The van der Waals surface area contributed by atoms with E-state index in [0.717, 1.165) is 17.3 Å². The van der Waals surface area contributed by atoms with Crippen LogP contribution in [-0.4, -0.2) is 17.9 Å². The monoisotopic (exact) mass is 314 g/mol.